The van der Waals surface area contributed by atoms with Gasteiger partial charge in [-0.1, -0.05) is 45.4 Å². The van der Waals surface area contributed by atoms with E-state index in [0.29, 0.717) is 11.6 Å². The van der Waals surface area contributed by atoms with E-state index in [4.69, 9.17) is 4.98 Å². The van der Waals surface area contributed by atoms with Crippen LogP contribution in [-0.4, -0.2) is 22.0 Å². The molecule has 1 aromatic heterocycles. The maximum Gasteiger partial charge on any atom is 0.307 e. The van der Waals surface area contributed by atoms with Crippen LogP contribution < -0.4 is 5.32 Å². The zero-order valence-corrected chi connectivity index (χ0v) is 18.0. The third-order valence-corrected chi connectivity index (χ3v) is 6.21. The Morgan fingerprint density at radius 1 is 1.31 bits per heavy atom. The topological polar surface area (TPSA) is 79.3 Å². The van der Waals surface area contributed by atoms with Crippen molar-refractivity contribution in [1.82, 2.24) is 4.98 Å². The highest BCUT2D eigenvalue weighted by Gasteiger charge is 2.33. The SMILES string of the molecule is CC(C)(C)C(CC(=O)Nc1cccc(/C=C/c2nc(C3CCC3)cs2)c1)C(=O)O. The van der Waals surface area contributed by atoms with Crippen molar-refractivity contribution < 1.29 is 14.7 Å². The molecule has 1 aromatic carbocycles. The van der Waals surface area contributed by atoms with Crippen molar-refractivity contribution in [2.75, 3.05) is 5.32 Å². The lowest BCUT2D eigenvalue weighted by molar-refractivity contribution is -0.147. The Bertz CT molecular complexity index is 907. The second kappa shape index (κ2) is 8.91. The molecule has 1 saturated carbocycles. The maximum atomic E-state index is 12.4. The number of carboxylic acid groups (broad SMARTS) is 1. The minimum atomic E-state index is -0.950. The van der Waals surface area contributed by atoms with Gasteiger partial charge in [0.25, 0.3) is 0 Å². The van der Waals surface area contributed by atoms with E-state index in [9.17, 15) is 14.7 Å². The molecule has 0 saturated heterocycles. The first kappa shape index (κ1) is 21.2. The molecule has 6 heteroatoms. The van der Waals surface area contributed by atoms with Gasteiger partial charge in [-0.05, 0) is 42.0 Å². The normalized spacial score (nSPS) is 15.8. The van der Waals surface area contributed by atoms with Crippen molar-refractivity contribution in [1.29, 1.82) is 0 Å². The minimum Gasteiger partial charge on any atom is -0.481 e. The predicted octanol–water partition coefficient (Wildman–Crippen LogP) is 5.66. The Kier molecular flexibility index (Phi) is 6.52. The summed E-state index contributed by atoms with van der Waals surface area (Å²) in [4.78, 5) is 28.5. The molecule has 1 aliphatic rings. The van der Waals surface area contributed by atoms with E-state index >= 15 is 0 Å². The lowest BCUT2D eigenvalue weighted by Gasteiger charge is -2.26. The van der Waals surface area contributed by atoms with Gasteiger partial charge in [-0.15, -0.1) is 11.3 Å². The van der Waals surface area contributed by atoms with Crippen molar-refractivity contribution in [2.45, 2.75) is 52.4 Å². The number of thiazole rings is 1. The number of hydrogen-bond acceptors (Lipinski definition) is 4. The summed E-state index contributed by atoms with van der Waals surface area (Å²) < 4.78 is 0. The van der Waals surface area contributed by atoms with Crippen LogP contribution in [0.25, 0.3) is 12.2 Å². The fourth-order valence-electron chi connectivity index (χ4n) is 3.32. The van der Waals surface area contributed by atoms with Crippen LogP contribution >= 0.6 is 11.3 Å². The van der Waals surface area contributed by atoms with Crippen LogP contribution in [-0.2, 0) is 9.59 Å². The van der Waals surface area contributed by atoms with Gasteiger partial charge in [0, 0.05) is 23.4 Å². The first-order valence-corrected chi connectivity index (χ1v) is 10.9. The van der Waals surface area contributed by atoms with Crippen molar-refractivity contribution in [2.24, 2.45) is 11.3 Å². The molecule has 3 rings (SSSR count). The minimum absolute atomic E-state index is 0.0536. The second-order valence-electron chi connectivity index (χ2n) is 8.71. The van der Waals surface area contributed by atoms with E-state index in [-0.39, 0.29) is 12.3 Å². The Labute approximate surface area is 175 Å². The molecule has 0 spiro atoms. The number of nitrogens with one attached hydrogen (secondary N) is 1. The molecule has 2 N–H and O–H groups in total. The van der Waals surface area contributed by atoms with Gasteiger partial charge < -0.3 is 10.4 Å². The van der Waals surface area contributed by atoms with E-state index in [2.05, 4.69) is 10.7 Å². The first-order valence-electron chi connectivity index (χ1n) is 9.98. The monoisotopic (exact) mass is 412 g/mol. The van der Waals surface area contributed by atoms with E-state index in [0.717, 1.165) is 10.6 Å². The summed E-state index contributed by atoms with van der Waals surface area (Å²) in [5, 5.41) is 15.4. The Hall–Kier alpha value is -2.47. The molecule has 0 radical (unpaired) electrons. The maximum absolute atomic E-state index is 12.4. The molecule has 154 valence electrons. The molecule has 1 unspecified atom stereocenters. The zero-order chi connectivity index (χ0) is 21.0. The van der Waals surface area contributed by atoms with Crippen molar-refractivity contribution in [3.05, 3.63) is 45.9 Å². The number of carboxylic acids is 1. The quantitative estimate of drug-likeness (QED) is 0.615. The molecular formula is C23H28N2O3S. The number of rotatable bonds is 7. The van der Waals surface area contributed by atoms with Gasteiger partial charge in [0.05, 0.1) is 11.6 Å². The third-order valence-electron chi connectivity index (χ3n) is 5.38. The number of carbonyl (C=O) groups is 2. The van der Waals surface area contributed by atoms with E-state index in [1.807, 2.05) is 51.1 Å². The fourth-order valence-corrected chi connectivity index (χ4v) is 4.11. The van der Waals surface area contributed by atoms with Gasteiger partial charge in [-0.25, -0.2) is 4.98 Å². The average Bonchev–Trinajstić information content (AvgIpc) is 3.04. The zero-order valence-electron chi connectivity index (χ0n) is 17.1. The summed E-state index contributed by atoms with van der Waals surface area (Å²) in [7, 11) is 0. The van der Waals surface area contributed by atoms with Crippen LogP contribution in [0.4, 0.5) is 5.69 Å². The molecule has 1 atom stereocenters. The summed E-state index contributed by atoms with van der Waals surface area (Å²) in [5.41, 5.74) is 2.33. The first-order chi connectivity index (χ1) is 13.7. The lowest BCUT2D eigenvalue weighted by atomic mass is 9.78. The van der Waals surface area contributed by atoms with Gasteiger partial charge in [0.2, 0.25) is 5.91 Å². The molecule has 2 aromatic rings. The Morgan fingerprint density at radius 2 is 2.07 bits per heavy atom. The molecule has 1 amide bonds. The summed E-state index contributed by atoms with van der Waals surface area (Å²) in [5.74, 6) is -1.34. The number of aliphatic carboxylic acids is 1. The largest absolute Gasteiger partial charge is 0.481 e. The Balaban J connectivity index is 1.62. The molecule has 5 nitrogen and oxygen atoms in total. The van der Waals surface area contributed by atoms with Crippen LogP contribution in [0.3, 0.4) is 0 Å². The molecule has 1 aliphatic carbocycles. The van der Waals surface area contributed by atoms with Crippen LogP contribution in [0, 0.1) is 11.3 Å². The summed E-state index contributed by atoms with van der Waals surface area (Å²) >= 11 is 1.65. The van der Waals surface area contributed by atoms with Gasteiger partial charge in [-0.3, -0.25) is 9.59 Å². The van der Waals surface area contributed by atoms with Crippen LogP contribution in [0.5, 0.6) is 0 Å². The highest BCUT2D eigenvalue weighted by Crippen LogP contribution is 2.36. The summed E-state index contributed by atoms with van der Waals surface area (Å²) in [6.45, 7) is 5.50. The molecule has 0 aliphatic heterocycles. The Morgan fingerprint density at radius 3 is 2.69 bits per heavy atom. The molecule has 1 fully saturated rings. The van der Waals surface area contributed by atoms with E-state index in [1.54, 1.807) is 17.4 Å². The second-order valence-corrected chi connectivity index (χ2v) is 9.60. The molecule has 1 heterocycles. The number of aromatic nitrogens is 1. The number of benzene rings is 1. The number of anilines is 1. The van der Waals surface area contributed by atoms with Crippen molar-refractivity contribution in [3.8, 4) is 0 Å². The van der Waals surface area contributed by atoms with Crippen molar-refractivity contribution >= 4 is 41.1 Å². The number of nitrogens with zero attached hydrogens (tertiary/aromatic N) is 1. The molecular weight excluding hydrogens is 384 g/mol. The third kappa shape index (κ3) is 5.76. The van der Waals surface area contributed by atoms with Crippen LogP contribution in [0.2, 0.25) is 0 Å². The highest BCUT2D eigenvalue weighted by molar-refractivity contribution is 7.10. The van der Waals surface area contributed by atoms with Gasteiger partial charge in [0.1, 0.15) is 5.01 Å². The standard InChI is InChI=1S/C23H28N2O3S/c1-23(2,3)18(22(27)28)13-20(26)24-17-9-4-6-15(12-17)10-11-21-25-19(14-29-21)16-7-5-8-16/h4,6,9-12,14,16,18H,5,7-8,13H2,1-3H3,(H,24,26)(H,27,28)/b11-10+. The lowest BCUT2D eigenvalue weighted by Crippen LogP contribution is -2.32. The number of amides is 1. The van der Waals surface area contributed by atoms with Gasteiger partial charge in [-0.2, -0.15) is 0 Å². The smallest absolute Gasteiger partial charge is 0.307 e. The van der Waals surface area contributed by atoms with E-state index < -0.39 is 17.3 Å². The summed E-state index contributed by atoms with van der Waals surface area (Å²) in [6.07, 6.45) is 7.71. The fraction of sp³-hybridized carbons (Fsp3) is 0.435. The number of hydrogen-bond donors (Lipinski definition) is 2. The van der Waals surface area contributed by atoms with Crippen LogP contribution in [0.15, 0.2) is 29.6 Å². The molecule has 29 heavy (non-hydrogen) atoms. The highest BCUT2D eigenvalue weighted by atomic mass is 32.1. The van der Waals surface area contributed by atoms with Gasteiger partial charge in [0.15, 0.2) is 0 Å². The van der Waals surface area contributed by atoms with Crippen molar-refractivity contribution in [3.63, 3.8) is 0 Å². The van der Waals surface area contributed by atoms with Gasteiger partial charge >= 0.3 is 5.97 Å². The number of carbonyl (C=O) groups excluding carboxylic acids is 1. The van der Waals surface area contributed by atoms with E-state index in [1.165, 1.54) is 25.0 Å². The molecule has 0 bridgehead atoms. The summed E-state index contributed by atoms with van der Waals surface area (Å²) in [6, 6.07) is 7.51. The van der Waals surface area contributed by atoms with Crippen LogP contribution in [0.1, 0.15) is 68.6 Å². The average molecular weight is 413 g/mol. The predicted molar refractivity (Wildman–Crippen MR) is 118 cm³/mol.